The number of carboxylic acids is 1. The molecule has 1 saturated carbocycles. The molecule has 0 spiro atoms. The van der Waals surface area contributed by atoms with Crippen LogP contribution in [0.3, 0.4) is 0 Å². The fourth-order valence-electron chi connectivity index (χ4n) is 2.82. The molecule has 2 rings (SSSR count). The molecule has 0 aromatic carbocycles. The van der Waals surface area contributed by atoms with E-state index in [0.717, 1.165) is 12.8 Å². The van der Waals surface area contributed by atoms with Gasteiger partial charge in [-0.05, 0) is 12.3 Å². The van der Waals surface area contributed by atoms with Gasteiger partial charge in [0.1, 0.15) is 11.8 Å². The van der Waals surface area contributed by atoms with Crippen LogP contribution in [-0.2, 0) is 14.3 Å². The number of hydrogen-bond acceptors (Lipinski definition) is 3. The van der Waals surface area contributed by atoms with Gasteiger partial charge in [0.15, 0.2) is 0 Å². The van der Waals surface area contributed by atoms with Crippen molar-refractivity contribution in [1.29, 1.82) is 0 Å². The highest BCUT2D eigenvalue weighted by Gasteiger charge is 2.35. The van der Waals surface area contributed by atoms with Gasteiger partial charge in [-0.3, -0.25) is 4.79 Å². The second-order valence-corrected chi connectivity index (χ2v) is 5.02. The van der Waals surface area contributed by atoms with Gasteiger partial charge in [0.25, 0.3) is 5.91 Å². The third kappa shape index (κ3) is 2.66. The van der Waals surface area contributed by atoms with E-state index in [4.69, 9.17) is 4.74 Å². The number of hydrogen-bond donors (Lipinski definition) is 1. The summed E-state index contributed by atoms with van der Waals surface area (Å²) in [5.41, 5.74) is 0. The van der Waals surface area contributed by atoms with Crippen molar-refractivity contribution < 1.29 is 19.4 Å². The highest BCUT2D eigenvalue weighted by molar-refractivity contribution is 5.94. The van der Waals surface area contributed by atoms with Gasteiger partial charge in [-0.25, -0.2) is 4.79 Å². The van der Waals surface area contributed by atoms with E-state index in [9.17, 15) is 14.7 Å². The van der Waals surface area contributed by atoms with Crippen LogP contribution in [0.25, 0.3) is 0 Å². The average molecular weight is 253 g/mol. The molecular weight excluding hydrogens is 234 g/mol. The summed E-state index contributed by atoms with van der Waals surface area (Å²) in [6.45, 7) is 0.277. The summed E-state index contributed by atoms with van der Waals surface area (Å²) in [7, 11) is 1.50. The molecule has 0 aromatic rings. The number of nitrogens with zero attached hydrogens (tertiary/aromatic N) is 1. The molecule has 1 atom stereocenters. The summed E-state index contributed by atoms with van der Waals surface area (Å²) in [6.07, 6.45) is 6.45. The molecule has 1 heterocycles. The second-order valence-electron chi connectivity index (χ2n) is 5.02. The van der Waals surface area contributed by atoms with Gasteiger partial charge in [0.05, 0.1) is 13.7 Å². The lowest BCUT2D eigenvalue weighted by Crippen LogP contribution is -2.43. The second kappa shape index (κ2) is 5.42. The molecule has 0 bridgehead atoms. The van der Waals surface area contributed by atoms with Crippen molar-refractivity contribution in [2.45, 2.75) is 38.1 Å². The molecule has 1 N–H and O–H groups in total. The van der Waals surface area contributed by atoms with Gasteiger partial charge in [0.2, 0.25) is 0 Å². The van der Waals surface area contributed by atoms with Crippen molar-refractivity contribution >= 4 is 11.9 Å². The molecule has 0 aromatic heterocycles. The van der Waals surface area contributed by atoms with Gasteiger partial charge in [0, 0.05) is 6.08 Å². The van der Waals surface area contributed by atoms with E-state index in [2.05, 4.69) is 0 Å². The average Bonchev–Trinajstić information content (AvgIpc) is 2.95. The predicted octanol–water partition coefficient (Wildman–Crippen LogP) is 1.39. The first-order chi connectivity index (χ1) is 8.61. The number of carbonyl (C=O) groups excluding carboxylic acids is 1. The van der Waals surface area contributed by atoms with Crippen LogP contribution >= 0.6 is 0 Å². The number of carboxylic acid groups (broad SMARTS) is 1. The molecule has 0 radical (unpaired) electrons. The van der Waals surface area contributed by atoms with Crippen LogP contribution in [0.4, 0.5) is 0 Å². The van der Waals surface area contributed by atoms with Gasteiger partial charge in [-0.15, -0.1) is 0 Å². The van der Waals surface area contributed by atoms with Crippen molar-refractivity contribution in [3.05, 3.63) is 11.8 Å². The number of carbonyl (C=O) groups is 2. The van der Waals surface area contributed by atoms with Gasteiger partial charge < -0.3 is 14.7 Å². The number of rotatable bonds is 5. The number of aliphatic carboxylic acids is 1. The van der Waals surface area contributed by atoms with E-state index >= 15 is 0 Å². The van der Waals surface area contributed by atoms with E-state index in [-0.39, 0.29) is 12.5 Å². The largest absolute Gasteiger partial charge is 0.499 e. The van der Waals surface area contributed by atoms with Crippen molar-refractivity contribution in [2.75, 3.05) is 13.7 Å². The first-order valence-electron chi connectivity index (χ1n) is 6.39. The Morgan fingerprint density at radius 2 is 2.22 bits per heavy atom. The normalized spacial score (nSPS) is 22.2. The Kier molecular flexibility index (Phi) is 3.89. The minimum atomic E-state index is -0.916. The first kappa shape index (κ1) is 12.9. The Morgan fingerprint density at radius 1 is 1.56 bits per heavy atom. The lowest BCUT2D eigenvalue weighted by molar-refractivity contribution is -0.148. The molecule has 1 unspecified atom stereocenters. The Morgan fingerprint density at radius 3 is 2.72 bits per heavy atom. The zero-order chi connectivity index (χ0) is 13.1. The maximum absolute atomic E-state index is 11.8. The molecule has 5 nitrogen and oxygen atoms in total. The number of methoxy groups -OCH3 is 1. The molecule has 1 aliphatic heterocycles. The lowest BCUT2D eigenvalue weighted by Gasteiger charge is -2.26. The lowest BCUT2D eigenvalue weighted by atomic mass is 9.97. The molecule has 2 aliphatic rings. The number of ether oxygens (including phenoxy) is 1. The fourth-order valence-corrected chi connectivity index (χ4v) is 2.82. The molecule has 0 saturated heterocycles. The number of amides is 1. The smallest absolute Gasteiger partial charge is 0.326 e. The van der Waals surface area contributed by atoms with E-state index in [1.165, 1.54) is 30.9 Å². The molecule has 100 valence electrons. The highest BCUT2D eigenvalue weighted by Crippen LogP contribution is 2.31. The first-order valence-corrected chi connectivity index (χ1v) is 6.39. The van der Waals surface area contributed by atoms with Crippen molar-refractivity contribution in [3.63, 3.8) is 0 Å². The summed E-state index contributed by atoms with van der Waals surface area (Å²) < 4.78 is 5.02. The quantitative estimate of drug-likeness (QED) is 0.804. The minimum Gasteiger partial charge on any atom is -0.499 e. The standard InChI is InChI=1S/C13H19NO4/c1-18-10-7-12(15)14(8-10)11(13(16)17)6-9-4-2-3-5-9/h7,9,11H,2-6,8H2,1H3,(H,16,17). The molecule has 5 heteroatoms. The van der Waals surface area contributed by atoms with Crippen LogP contribution in [0, 0.1) is 5.92 Å². The van der Waals surface area contributed by atoms with E-state index in [1.54, 1.807) is 0 Å². The van der Waals surface area contributed by atoms with Crippen LogP contribution in [0.2, 0.25) is 0 Å². The van der Waals surface area contributed by atoms with Crippen LogP contribution in [0.1, 0.15) is 32.1 Å². The Balaban J connectivity index is 2.02. The molecule has 1 fully saturated rings. The van der Waals surface area contributed by atoms with E-state index in [1.807, 2.05) is 0 Å². The summed E-state index contributed by atoms with van der Waals surface area (Å²) >= 11 is 0. The predicted molar refractivity (Wildman–Crippen MR) is 64.8 cm³/mol. The van der Waals surface area contributed by atoms with E-state index in [0.29, 0.717) is 18.1 Å². The molecule has 1 amide bonds. The third-order valence-electron chi connectivity index (χ3n) is 3.85. The molecular formula is C13H19NO4. The minimum absolute atomic E-state index is 0.253. The SMILES string of the molecule is COC1=CC(=O)N(C(CC2CCCC2)C(=O)O)C1. The zero-order valence-electron chi connectivity index (χ0n) is 10.6. The van der Waals surface area contributed by atoms with Crippen molar-refractivity contribution in [3.8, 4) is 0 Å². The van der Waals surface area contributed by atoms with Crippen molar-refractivity contribution in [2.24, 2.45) is 5.92 Å². The van der Waals surface area contributed by atoms with Crippen LogP contribution < -0.4 is 0 Å². The zero-order valence-corrected chi connectivity index (χ0v) is 10.6. The van der Waals surface area contributed by atoms with Gasteiger partial charge in [-0.1, -0.05) is 25.7 Å². The summed E-state index contributed by atoms with van der Waals surface area (Å²) in [4.78, 5) is 24.5. The highest BCUT2D eigenvalue weighted by atomic mass is 16.5. The maximum Gasteiger partial charge on any atom is 0.326 e. The van der Waals surface area contributed by atoms with Crippen LogP contribution in [-0.4, -0.2) is 41.6 Å². The van der Waals surface area contributed by atoms with Gasteiger partial charge in [-0.2, -0.15) is 0 Å². The summed E-state index contributed by atoms with van der Waals surface area (Å²) in [5.74, 6) is -0.193. The topological polar surface area (TPSA) is 66.8 Å². The van der Waals surface area contributed by atoms with E-state index < -0.39 is 12.0 Å². The van der Waals surface area contributed by atoms with Gasteiger partial charge >= 0.3 is 5.97 Å². The molecule has 18 heavy (non-hydrogen) atoms. The maximum atomic E-state index is 11.8. The Hall–Kier alpha value is -1.52. The summed E-state index contributed by atoms with van der Waals surface area (Å²) in [5, 5.41) is 9.31. The summed E-state index contributed by atoms with van der Waals surface area (Å²) in [6, 6.07) is -0.718. The monoisotopic (exact) mass is 253 g/mol. The molecule has 1 aliphatic carbocycles. The van der Waals surface area contributed by atoms with Crippen LogP contribution in [0.15, 0.2) is 11.8 Å². The Labute approximate surface area is 106 Å². The third-order valence-corrected chi connectivity index (χ3v) is 3.85. The van der Waals surface area contributed by atoms with Crippen LogP contribution in [0.5, 0.6) is 0 Å². The van der Waals surface area contributed by atoms with Crippen molar-refractivity contribution in [1.82, 2.24) is 4.90 Å². The Bertz CT molecular complexity index is 371. The fraction of sp³-hybridized carbons (Fsp3) is 0.692.